The van der Waals surface area contributed by atoms with Crippen LogP contribution in [0.2, 0.25) is 0 Å². The highest BCUT2D eigenvalue weighted by Crippen LogP contribution is 2.19. The van der Waals surface area contributed by atoms with Crippen molar-refractivity contribution < 1.29 is 28.6 Å². The molecule has 80 heavy (non-hydrogen) atoms. The normalized spacial score (nSPS) is 12.1. The molecule has 0 heterocycles. The van der Waals surface area contributed by atoms with Crippen molar-refractivity contribution in [1.82, 2.24) is 0 Å². The standard InChI is InChI=1S/C74H140O6/c1-4-7-10-13-16-19-22-25-28-31-33-35-36-37-38-39-41-43-46-49-52-55-58-61-64-67-73(76)79-70-71(69-78-72(75)66-63-60-57-54-51-48-45-42-30-27-24-21-18-15-12-9-6-3)80-74(77)68-65-62-59-56-53-50-47-44-40-34-32-29-26-23-20-17-14-11-8-5-2/h22,25,31,33,71H,4-21,23-24,26-30,32,34-70H2,1-3H3/b25-22-,33-31-. The van der Waals surface area contributed by atoms with Crippen LogP contribution in [0.5, 0.6) is 0 Å². The Balaban J connectivity index is 4.27. The number of carbonyl (C=O) groups excluding carboxylic acids is 3. The largest absolute Gasteiger partial charge is 0.462 e. The predicted octanol–water partition coefficient (Wildman–Crippen LogP) is 25.0. The Morgan fingerprint density at radius 3 is 0.688 bits per heavy atom. The average molecular weight is 1130 g/mol. The minimum atomic E-state index is -0.768. The molecule has 1 unspecified atom stereocenters. The summed E-state index contributed by atoms with van der Waals surface area (Å²) < 4.78 is 17.0. The van der Waals surface area contributed by atoms with E-state index < -0.39 is 6.10 Å². The molecule has 1 atom stereocenters. The molecule has 0 aliphatic heterocycles. The fourth-order valence-corrected chi connectivity index (χ4v) is 11.2. The third-order valence-corrected chi connectivity index (χ3v) is 16.7. The van der Waals surface area contributed by atoms with Crippen LogP contribution >= 0.6 is 0 Å². The van der Waals surface area contributed by atoms with Crippen molar-refractivity contribution in [1.29, 1.82) is 0 Å². The van der Waals surface area contributed by atoms with Gasteiger partial charge in [-0.25, -0.2) is 0 Å². The van der Waals surface area contributed by atoms with Gasteiger partial charge >= 0.3 is 17.9 Å². The lowest BCUT2D eigenvalue weighted by Gasteiger charge is -2.18. The Kier molecular flexibility index (Phi) is 67.6. The van der Waals surface area contributed by atoms with Gasteiger partial charge in [0, 0.05) is 19.3 Å². The smallest absolute Gasteiger partial charge is 0.306 e. The number of hydrogen-bond donors (Lipinski definition) is 0. The molecule has 0 saturated heterocycles. The van der Waals surface area contributed by atoms with E-state index in [1.54, 1.807) is 0 Å². The highest BCUT2D eigenvalue weighted by atomic mass is 16.6. The number of allylic oxidation sites excluding steroid dienone is 4. The molecule has 0 aliphatic rings. The molecule has 0 rings (SSSR count). The van der Waals surface area contributed by atoms with Crippen molar-refractivity contribution in [3.63, 3.8) is 0 Å². The van der Waals surface area contributed by atoms with Gasteiger partial charge in [-0.15, -0.1) is 0 Å². The molecule has 0 radical (unpaired) electrons. The Bertz CT molecular complexity index is 1290. The maximum absolute atomic E-state index is 13.0. The lowest BCUT2D eigenvalue weighted by Crippen LogP contribution is -2.30. The summed E-state index contributed by atoms with van der Waals surface area (Å²) in [6.45, 7) is 6.73. The Labute approximate surface area is 500 Å². The lowest BCUT2D eigenvalue weighted by molar-refractivity contribution is -0.167. The topological polar surface area (TPSA) is 78.9 Å². The number of hydrogen-bond acceptors (Lipinski definition) is 6. The van der Waals surface area contributed by atoms with Crippen LogP contribution in [0.1, 0.15) is 412 Å². The first-order valence-electron chi connectivity index (χ1n) is 36.3. The third kappa shape index (κ3) is 66.7. The quantitative estimate of drug-likeness (QED) is 0.0261. The lowest BCUT2D eigenvalue weighted by atomic mass is 10.0. The molecule has 0 aliphatic carbocycles. The summed E-state index contributed by atoms with van der Waals surface area (Å²) in [4.78, 5) is 38.5. The zero-order chi connectivity index (χ0) is 57.8. The summed E-state index contributed by atoms with van der Waals surface area (Å²) in [6.07, 6.45) is 84.9. The van der Waals surface area contributed by atoms with Crippen molar-refractivity contribution in [2.45, 2.75) is 419 Å². The zero-order valence-electron chi connectivity index (χ0n) is 54.4. The van der Waals surface area contributed by atoms with Crippen LogP contribution in [-0.2, 0) is 28.6 Å². The maximum atomic E-state index is 13.0. The van der Waals surface area contributed by atoms with Crippen LogP contribution in [0.3, 0.4) is 0 Å². The van der Waals surface area contributed by atoms with Gasteiger partial charge < -0.3 is 14.2 Å². The van der Waals surface area contributed by atoms with Gasteiger partial charge in [-0.3, -0.25) is 14.4 Å². The molecule has 0 aromatic heterocycles. The number of unbranched alkanes of at least 4 members (excludes halogenated alkanes) is 53. The van der Waals surface area contributed by atoms with Crippen LogP contribution in [-0.4, -0.2) is 37.2 Å². The third-order valence-electron chi connectivity index (χ3n) is 16.7. The number of ether oxygens (including phenoxy) is 3. The summed E-state index contributed by atoms with van der Waals surface area (Å²) in [5, 5.41) is 0. The average Bonchev–Trinajstić information content (AvgIpc) is 3.46. The molecule has 0 spiro atoms. The van der Waals surface area contributed by atoms with E-state index in [1.807, 2.05) is 0 Å². The molecule has 0 N–H and O–H groups in total. The fourth-order valence-electron chi connectivity index (χ4n) is 11.2. The van der Waals surface area contributed by atoms with Crippen LogP contribution in [0, 0.1) is 0 Å². The second-order valence-electron chi connectivity index (χ2n) is 24.9. The van der Waals surface area contributed by atoms with Crippen LogP contribution in [0.25, 0.3) is 0 Å². The SMILES string of the molecule is CCCCCCC/C=C\C/C=C\CCCCCCCCCCCCCCCC(=O)OCC(COC(=O)CCCCCCCCCCCCCCCCCCC)OC(=O)CCCCCCCCCCCCCCCCCCCCCC. The minimum Gasteiger partial charge on any atom is -0.462 e. The summed E-state index contributed by atoms with van der Waals surface area (Å²) in [6, 6.07) is 0. The Hall–Kier alpha value is -2.11. The van der Waals surface area contributed by atoms with E-state index >= 15 is 0 Å². The van der Waals surface area contributed by atoms with Gasteiger partial charge in [0.15, 0.2) is 6.10 Å². The molecule has 472 valence electrons. The molecule has 0 aromatic rings. The number of carbonyl (C=O) groups is 3. The van der Waals surface area contributed by atoms with Gasteiger partial charge in [0.2, 0.25) is 0 Å². The van der Waals surface area contributed by atoms with E-state index in [1.165, 1.54) is 308 Å². The molecule has 0 aromatic carbocycles. The second-order valence-corrected chi connectivity index (χ2v) is 24.9. The van der Waals surface area contributed by atoms with Gasteiger partial charge in [-0.2, -0.15) is 0 Å². The molecule has 0 fully saturated rings. The maximum Gasteiger partial charge on any atom is 0.306 e. The summed E-state index contributed by atoms with van der Waals surface area (Å²) in [7, 11) is 0. The van der Waals surface area contributed by atoms with Crippen LogP contribution < -0.4 is 0 Å². The molecule has 0 bridgehead atoms. The fraction of sp³-hybridized carbons (Fsp3) is 0.905. The Morgan fingerprint density at radius 1 is 0.250 bits per heavy atom. The van der Waals surface area contributed by atoms with E-state index in [4.69, 9.17) is 14.2 Å². The first kappa shape index (κ1) is 77.9. The molecular weight excluding hydrogens is 985 g/mol. The summed E-state index contributed by atoms with van der Waals surface area (Å²) in [5.74, 6) is -0.827. The number of esters is 3. The molecule has 6 heteroatoms. The minimum absolute atomic E-state index is 0.0638. The molecule has 0 amide bonds. The number of rotatable bonds is 68. The van der Waals surface area contributed by atoms with E-state index in [9.17, 15) is 14.4 Å². The van der Waals surface area contributed by atoms with Crippen LogP contribution in [0.4, 0.5) is 0 Å². The van der Waals surface area contributed by atoms with E-state index in [0.29, 0.717) is 19.3 Å². The van der Waals surface area contributed by atoms with Gasteiger partial charge in [-0.1, -0.05) is 366 Å². The van der Waals surface area contributed by atoms with Gasteiger partial charge in [0.25, 0.3) is 0 Å². The van der Waals surface area contributed by atoms with E-state index in [0.717, 1.165) is 64.2 Å². The second kappa shape index (κ2) is 69.4. The monoisotopic (exact) mass is 1130 g/mol. The first-order chi connectivity index (χ1) is 39.5. The summed E-state index contributed by atoms with van der Waals surface area (Å²) >= 11 is 0. The van der Waals surface area contributed by atoms with Crippen LogP contribution in [0.15, 0.2) is 24.3 Å². The van der Waals surface area contributed by atoms with Crippen molar-refractivity contribution in [3.05, 3.63) is 24.3 Å². The Morgan fingerprint density at radius 2 is 0.450 bits per heavy atom. The van der Waals surface area contributed by atoms with Gasteiger partial charge in [-0.05, 0) is 51.4 Å². The van der Waals surface area contributed by atoms with Crippen molar-refractivity contribution in [2.75, 3.05) is 13.2 Å². The van der Waals surface area contributed by atoms with E-state index in [-0.39, 0.29) is 31.1 Å². The molecule has 6 nitrogen and oxygen atoms in total. The van der Waals surface area contributed by atoms with Gasteiger partial charge in [0.05, 0.1) is 0 Å². The van der Waals surface area contributed by atoms with Crippen molar-refractivity contribution in [3.8, 4) is 0 Å². The van der Waals surface area contributed by atoms with E-state index in [2.05, 4.69) is 45.1 Å². The zero-order valence-corrected chi connectivity index (χ0v) is 54.4. The molecular formula is C74H140O6. The molecule has 0 saturated carbocycles. The highest BCUT2D eigenvalue weighted by molar-refractivity contribution is 5.71. The summed E-state index contributed by atoms with van der Waals surface area (Å²) in [5.41, 5.74) is 0. The first-order valence-corrected chi connectivity index (χ1v) is 36.3. The predicted molar refractivity (Wildman–Crippen MR) is 349 cm³/mol. The van der Waals surface area contributed by atoms with Gasteiger partial charge in [0.1, 0.15) is 13.2 Å². The van der Waals surface area contributed by atoms with Crippen molar-refractivity contribution in [2.24, 2.45) is 0 Å². The highest BCUT2D eigenvalue weighted by Gasteiger charge is 2.19. The van der Waals surface area contributed by atoms with Crippen molar-refractivity contribution >= 4 is 17.9 Å².